The number of rotatable bonds is 9. The summed E-state index contributed by atoms with van der Waals surface area (Å²) >= 11 is 0.813. The van der Waals surface area contributed by atoms with E-state index in [4.69, 9.17) is 9.47 Å². The Morgan fingerprint density at radius 3 is 2.39 bits per heavy atom. The van der Waals surface area contributed by atoms with Gasteiger partial charge in [-0.25, -0.2) is 0 Å². The van der Waals surface area contributed by atoms with Crippen molar-refractivity contribution in [2.24, 2.45) is 0 Å². The monoisotopic (exact) mass is 502 g/mol. The first-order chi connectivity index (χ1) is 17.4. The fourth-order valence-electron chi connectivity index (χ4n) is 3.54. The molecule has 36 heavy (non-hydrogen) atoms. The molecule has 0 radical (unpaired) electrons. The van der Waals surface area contributed by atoms with Gasteiger partial charge in [0.05, 0.1) is 4.91 Å². The van der Waals surface area contributed by atoms with Crippen molar-refractivity contribution in [3.8, 4) is 11.5 Å². The third-order valence-corrected chi connectivity index (χ3v) is 6.48. The summed E-state index contributed by atoms with van der Waals surface area (Å²) < 4.78 is 11.4. The van der Waals surface area contributed by atoms with E-state index in [-0.39, 0.29) is 11.4 Å². The highest BCUT2D eigenvalue weighted by atomic mass is 32.2. The molecule has 0 atom stereocenters. The van der Waals surface area contributed by atoms with Crippen LogP contribution in [-0.2, 0) is 9.59 Å². The van der Waals surface area contributed by atoms with E-state index in [1.807, 2.05) is 68.4 Å². The van der Waals surface area contributed by atoms with Gasteiger partial charge >= 0.3 is 0 Å². The van der Waals surface area contributed by atoms with Gasteiger partial charge in [-0.3, -0.25) is 19.3 Å². The maximum atomic E-state index is 12.8. The van der Waals surface area contributed by atoms with Gasteiger partial charge in [0.1, 0.15) is 31.3 Å². The Morgan fingerprint density at radius 1 is 0.917 bits per heavy atom. The van der Waals surface area contributed by atoms with Crippen molar-refractivity contribution in [1.82, 2.24) is 4.90 Å². The molecule has 0 aromatic heterocycles. The number of aryl methyl sites for hydroxylation is 1. The molecule has 4 rings (SSSR count). The normalized spacial score (nSPS) is 14.3. The van der Waals surface area contributed by atoms with Crippen LogP contribution in [0.2, 0.25) is 0 Å². The first-order valence-corrected chi connectivity index (χ1v) is 12.2. The molecule has 0 saturated carbocycles. The number of hydrogen-bond donors (Lipinski definition) is 1. The van der Waals surface area contributed by atoms with Crippen LogP contribution in [0.5, 0.6) is 11.5 Å². The van der Waals surface area contributed by atoms with Gasteiger partial charge in [-0.2, -0.15) is 0 Å². The van der Waals surface area contributed by atoms with Crippen LogP contribution in [0.3, 0.4) is 0 Å². The number of anilines is 1. The second-order valence-electron chi connectivity index (χ2n) is 8.15. The van der Waals surface area contributed by atoms with E-state index in [9.17, 15) is 14.4 Å². The summed E-state index contributed by atoms with van der Waals surface area (Å²) in [7, 11) is 0. The van der Waals surface area contributed by atoms with Crippen molar-refractivity contribution in [2.75, 3.05) is 25.1 Å². The van der Waals surface area contributed by atoms with E-state index >= 15 is 0 Å². The standard InChI is InChI=1S/C28H26N2O5S/c1-19-8-6-13-24(20(19)2)29-26(31)18-30-27(32)25(36-28(30)33)17-21-9-7-12-23(16-21)35-15-14-34-22-10-4-3-5-11-22/h3-13,16-17H,14-15,18H2,1-2H3,(H,29,31)/b25-17+. The summed E-state index contributed by atoms with van der Waals surface area (Å²) in [5.74, 6) is 0.463. The molecule has 184 valence electrons. The molecule has 3 amide bonds. The minimum atomic E-state index is -0.497. The van der Waals surface area contributed by atoms with Gasteiger partial charge in [0.2, 0.25) is 5.91 Å². The number of benzene rings is 3. The van der Waals surface area contributed by atoms with Crippen molar-refractivity contribution in [3.05, 3.63) is 94.4 Å². The molecule has 1 aliphatic heterocycles. The molecule has 1 fully saturated rings. The molecule has 0 unspecified atom stereocenters. The number of carbonyl (C=O) groups excluding carboxylic acids is 3. The highest BCUT2D eigenvalue weighted by molar-refractivity contribution is 8.18. The number of nitrogens with one attached hydrogen (secondary N) is 1. The molecule has 1 heterocycles. The van der Waals surface area contributed by atoms with E-state index in [1.54, 1.807) is 24.3 Å². The quantitative estimate of drug-likeness (QED) is 0.310. The maximum Gasteiger partial charge on any atom is 0.294 e. The van der Waals surface area contributed by atoms with Crippen molar-refractivity contribution >= 4 is 40.6 Å². The van der Waals surface area contributed by atoms with Gasteiger partial charge in [0.25, 0.3) is 11.1 Å². The molecule has 0 bridgehead atoms. The zero-order valence-corrected chi connectivity index (χ0v) is 20.8. The van der Waals surface area contributed by atoms with Gasteiger partial charge in [-0.1, -0.05) is 42.5 Å². The molecule has 3 aromatic carbocycles. The van der Waals surface area contributed by atoms with Crippen molar-refractivity contribution in [2.45, 2.75) is 13.8 Å². The maximum absolute atomic E-state index is 12.8. The minimum Gasteiger partial charge on any atom is -0.490 e. The fraction of sp³-hybridized carbons (Fsp3) is 0.179. The van der Waals surface area contributed by atoms with Crippen LogP contribution in [-0.4, -0.2) is 41.7 Å². The highest BCUT2D eigenvalue weighted by Gasteiger charge is 2.36. The summed E-state index contributed by atoms with van der Waals surface area (Å²) in [6.45, 7) is 4.24. The van der Waals surface area contributed by atoms with Crippen LogP contribution in [0.25, 0.3) is 6.08 Å². The molecular formula is C28H26N2O5S. The molecule has 1 aliphatic rings. The van der Waals surface area contributed by atoms with Gasteiger partial charge in [0.15, 0.2) is 0 Å². The van der Waals surface area contributed by atoms with E-state index in [0.717, 1.165) is 33.5 Å². The number of thioether (sulfide) groups is 1. The van der Waals surface area contributed by atoms with Crippen molar-refractivity contribution in [1.29, 1.82) is 0 Å². The fourth-order valence-corrected chi connectivity index (χ4v) is 4.38. The summed E-state index contributed by atoms with van der Waals surface area (Å²) in [6.07, 6.45) is 1.63. The van der Waals surface area contributed by atoms with Crippen LogP contribution in [0.1, 0.15) is 16.7 Å². The Hall–Kier alpha value is -4.04. The number of imide groups is 1. The molecule has 0 aliphatic carbocycles. The molecule has 7 nitrogen and oxygen atoms in total. The molecule has 1 N–H and O–H groups in total. The topological polar surface area (TPSA) is 84.9 Å². The molecular weight excluding hydrogens is 476 g/mol. The average molecular weight is 503 g/mol. The van der Waals surface area contributed by atoms with Gasteiger partial charge in [-0.05, 0) is 78.7 Å². The Kier molecular flexibility index (Phi) is 8.07. The molecule has 8 heteroatoms. The van der Waals surface area contributed by atoms with Crippen LogP contribution >= 0.6 is 11.8 Å². The lowest BCUT2D eigenvalue weighted by Gasteiger charge is -2.14. The van der Waals surface area contributed by atoms with Crippen molar-refractivity contribution < 1.29 is 23.9 Å². The van der Waals surface area contributed by atoms with Gasteiger partial charge in [0, 0.05) is 5.69 Å². The minimum absolute atomic E-state index is 0.254. The predicted octanol–water partition coefficient (Wildman–Crippen LogP) is 5.44. The number of carbonyl (C=O) groups is 3. The van der Waals surface area contributed by atoms with Crippen LogP contribution in [0.4, 0.5) is 10.5 Å². The van der Waals surface area contributed by atoms with E-state index in [0.29, 0.717) is 30.2 Å². The first kappa shape index (κ1) is 25.1. The largest absolute Gasteiger partial charge is 0.490 e. The lowest BCUT2D eigenvalue weighted by atomic mass is 10.1. The number of para-hydroxylation sites is 1. The second-order valence-corrected chi connectivity index (χ2v) is 9.14. The van der Waals surface area contributed by atoms with Crippen molar-refractivity contribution in [3.63, 3.8) is 0 Å². The Labute approximate surface area is 214 Å². The van der Waals surface area contributed by atoms with Crippen LogP contribution in [0, 0.1) is 13.8 Å². The Morgan fingerprint density at radius 2 is 1.61 bits per heavy atom. The van der Waals surface area contributed by atoms with Crippen LogP contribution < -0.4 is 14.8 Å². The highest BCUT2D eigenvalue weighted by Crippen LogP contribution is 2.32. The Balaban J connectivity index is 1.34. The summed E-state index contributed by atoms with van der Waals surface area (Å²) in [4.78, 5) is 39.1. The molecule has 1 saturated heterocycles. The van der Waals surface area contributed by atoms with E-state index < -0.39 is 17.1 Å². The lowest BCUT2D eigenvalue weighted by Crippen LogP contribution is -2.36. The van der Waals surface area contributed by atoms with E-state index in [2.05, 4.69) is 5.32 Å². The Bertz CT molecular complexity index is 1310. The summed E-state index contributed by atoms with van der Waals surface area (Å²) in [5.41, 5.74) is 3.35. The number of ether oxygens (including phenoxy) is 2. The van der Waals surface area contributed by atoms with Gasteiger partial charge in [-0.15, -0.1) is 0 Å². The zero-order chi connectivity index (χ0) is 25.5. The summed E-state index contributed by atoms with van der Waals surface area (Å²) in [5, 5.41) is 2.31. The van der Waals surface area contributed by atoms with E-state index in [1.165, 1.54) is 0 Å². The number of amides is 3. The second kappa shape index (κ2) is 11.6. The number of nitrogens with zero attached hydrogens (tertiary/aromatic N) is 1. The molecule has 0 spiro atoms. The lowest BCUT2D eigenvalue weighted by molar-refractivity contribution is -0.127. The van der Waals surface area contributed by atoms with Gasteiger partial charge < -0.3 is 14.8 Å². The smallest absolute Gasteiger partial charge is 0.294 e. The van der Waals surface area contributed by atoms with Crippen LogP contribution in [0.15, 0.2) is 77.7 Å². The summed E-state index contributed by atoms with van der Waals surface area (Å²) in [6, 6.07) is 22.3. The first-order valence-electron chi connectivity index (χ1n) is 11.4. The zero-order valence-electron chi connectivity index (χ0n) is 20.0. The third kappa shape index (κ3) is 6.34. The number of hydrogen-bond acceptors (Lipinski definition) is 6. The SMILES string of the molecule is Cc1cccc(NC(=O)CN2C(=O)S/C(=C/c3cccc(OCCOc4ccccc4)c3)C2=O)c1C. The molecule has 3 aromatic rings. The average Bonchev–Trinajstić information content (AvgIpc) is 3.13. The predicted molar refractivity (Wildman–Crippen MR) is 141 cm³/mol. The third-order valence-electron chi connectivity index (χ3n) is 5.57.